The van der Waals surface area contributed by atoms with Crippen LogP contribution in [0.5, 0.6) is 17.2 Å². The van der Waals surface area contributed by atoms with Crippen molar-refractivity contribution in [3.63, 3.8) is 0 Å². The first-order valence-corrected chi connectivity index (χ1v) is 3.88. The van der Waals surface area contributed by atoms with E-state index < -0.39 is 0 Å². The van der Waals surface area contributed by atoms with Crippen molar-refractivity contribution in [2.75, 3.05) is 6.79 Å². The van der Waals surface area contributed by atoms with Gasteiger partial charge in [-0.25, -0.2) is 0 Å². The summed E-state index contributed by atoms with van der Waals surface area (Å²) < 4.78 is 9.98. The molecule has 2 rings (SSSR count). The maximum absolute atomic E-state index is 10.5. The second-order valence-electron chi connectivity index (χ2n) is 2.48. The van der Waals surface area contributed by atoms with Gasteiger partial charge in [0.05, 0.1) is 5.56 Å². The Hall–Kier alpha value is -1.42. The summed E-state index contributed by atoms with van der Waals surface area (Å²) in [6.45, 7) is 0.0524. The number of hydrogen-bond acceptors (Lipinski definition) is 4. The first kappa shape index (κ1) is 8.19. The average Bonchev–Trinajstić information content (AvgIpc) is 2.59. The van der Waals surface area contributed by atoms with Crippen LogP contribution in [0.4, 0.5) is 0 Å². The fourth-order valence-electron chi connectivity index (χ4n) is 1.10. The third kappa shape index (κ3) is 1.10. The molecule has 1 aliphatic rings. The monoisotopic (exact) mass is 200 g/mol. The highest BCUT2D eigenvalue weighted by molar-refractivity contribution is 6.34. The SMILES string of the molecule is O=Cc1cc2c(c(Cl)c1O)OCO2. The predicted octanol–water partition coefficient (Wildman–Crippen LogP) is 1.59. The predicted molar refractivity (Wildman–Crippen MR) is 44.6 cm³/mol. The first-order valence-electron chi connectivity index (χ1n) is 3.50. The first-order chi connectivity index (χ1) is 6.24. The van der Waals surface area contributed by atoms with Gasteiger partial charge in [0.2, 0.25) is 6.79 Å². The Balaban J connectivity index is 2.68. The van der Waals surface area contributed by atoms with Gasteiger partial charge in [0, 0.05) is 0 Å². The summed E-state index contributed by atoms with van der Waals surface area (Å²) in [6, 6.07) is 1.39. The smallest absolute Gasteiger partial charge is 0.231 e. The molecule has 0 saturated heterocycles. The van der Waals surface area contributed by atoms with E-state index in [-0.39, 0.29) is 28.9 Å². The topological polar surface area (TPSA) is 55.8 Å². The minimum absolute atomic E-state index is 0.0112. The highest BCUT2D eigenvalue weighted by Crippen LogP contribution is 2.45. The maximum Gasteiger partial charge on any atom is 0.231 e. The summed E-state index contributed by atoms with van der Waals surface area (Å²) in [5.74, 6) is 0.385. The molecule has 0 unspecified atom stereocenters. The van der Waals surface area contributed by atoms with Crippen LogP contribution in [0, 0.1) is 0 Å². The fraction of sp³-hybridized carbons (Fsp3) is 0.125. The van der Waals surface area contributed by atoms with Crippen LogP contribution < -0.4 is 9.47 Å². The van der Waals surface area contributed by atoms with Crippen LogP contribution in [0.3, 0.4) is 0 Å². The van der Waals surface area contributed by atoms with E-state index in [9.17, 15) is 9.90 Å². The number of benzene rings is 1. The number of ether oxygens (including phenoxy) is 2. The molecule has 4 nitrogen and oxygen atoms in total. The molecule has 1 aromatic carbocycles. The van der Waals surface area contributed by atoms with Gasteiger partial charge in [-0.2, -0.15) is 0 Å². The van der Waals surface area contributed by atoms with E-state index in [0.29, 0.717) is 12.0 Å². The fourth-order valence-corrected chi connectivity index (χ4v) is 1.36. The molecule has 5 heteroatoms. The summed E-state index contributed by atoms with van der Waals surface area (Å²) in [4.78, 5) is 10.5. The van der Waals surface area contributed by atoms with Gasteiger partial charge in [-0.3, -0.25) is 4.79 Å². The van der Waals surface area contributed by atoms with Gasteiger partial charge < -0.3 is 14.6 Å². The van der Waals surface area contributed by atoms with E-state index >= 15 is 0 Å². The van der Waals surface area contributed by atoms with Crippen LogP contribution in [0.2, 0.25) is 5.02 Å². The Labute approximate surface area is 78.6 Å². The van der Waals surface area contributed by atoms with E-state index in [1.165, 1.54) is 6.07 Å². The van der Waals surface area contributed by atoms with Crippen molar-refractivity contribution >= 4 is 17.9 Å². The van der Waals surface area contributed by atoms with E-state index in [1.807, 2.05) is 0 Å². The number of phenols is 1. The molecule has 0 radical (unpaired) electrons. The second kappa shape index (κ2) is 2.81. The highest BCUT2D eigenvalue weighted by Gasteiger charge is 2.22. The highest BCUT2D eigenvalue weighted by atomic mass is 35.5. The molecule has 1 aliphatic heterocycles. The zero-order chi connectivity index (χ0) is 9.42. The van der Waals surface area contributed by atoms with Crippen molar-refractivity contribution < 1.29 is 19.4 Å². The van der Waals surface area contributed by atoms with E-state index in [4.69, 9.17) is 21.1 Å². The Morgan fingerprint density at radius 3 is 3.00 bits per heavy atom. The number of hydrogen-bond donors (Lipinski definition) is 1. The van der Waals surface area contributed by atoms with Crippen LogP contribution in [0.15, 0.2) is 6.07 Å². The number of rotatable bonds is 1. The lowest BCUT2D eigenvalue weighted by molar-refractivity contribution is 0.112. The molecular weight excluding hydrogens is 196 g/mol. The van der Waals surface area contributed by atoms with Gasteiger partial charge in [-0.1, -0.05) is 11.6 Å². The van der Waals surface area contributed by atoms with Crippen molar-refractivity contribution in [2.24, 2.45) is 0 Å². The molecule has 1 N–H and O–H groups in total. The van der Waals surface area contributed by atoms with Crippen molar-refractivity contribution in [1.29, 1.82) is 0 Å². The molecule has 0 saturated carbocycles. The minimum Gasteiger partial charge on any atom is -0.505 e. The van der Waals surface area contributed by atoms with Gasteiger partial charge in [0.15, 0.2) is 17.8 Å². The molecular formula is C8H5ClO4. The summed E-state index contributed by atoms with van der Waals surface area (Å²) in [7, 11) is 0. The van der Waals surface area contributed by atoms with Gasteiger partial charge in [0.1, 0.15) is 10.8 Å². The lowest BCUT2D eigenvalue weighted by Crippen LogP contribution is -1.93. The number of aldehydes is 1. The summed E-state index contributed by atoms with van der Waals surface area (Å²) >= 11 is 5.71. The van der Waals surface area contributed by atoms with E-state index in [2.05, 4.69) is 0 Å². The maximum atomic E-state index is 10.5. The van der Waals surface area contributed by atoms with Crippen LogP contribution >= 0.6 is 11.6 Å². The molecule has 1 aromatic rings. The molecule has 0 spiro atoms. The van der Waals surface area contributed by atoms with Gasteiger partial charge >= 0.3 is 0 Å². The van der Waals surface area contributed by atoms with Gasteiger partial charge in [-0.05, 0) is 6.07 Å². The quantitative estimate of drug-likeness (QED) is 0.700. The molecule has 0 amide bonds. The van der Waals surface area contributed by atoms with Crippen molar-refractivity contribution in [1.82, 2.24) is 0 Å². The number of carbonyl (C=O) groups excluding carboxylic acids is 1. The minimum atomic E-state index is -0.277. The normalized spacial score (nSPS) is 13.0. The van der Waals surface area contributed by atoms with Crippen LogP contribution in [0.1, 0.15) is 10.4 Å². The van der Waals surface area contributed by atoms with Crippen molar-refractivity contribution in [3.8, 4) is 17.2 Å². The summed E-state index contributed by atoms with van der Waals surface area (Å²) in [5.41, 5.74) is 0.0919. The third-order valence-electron chi connectivity index (χ3n) is 1.74. The zero-order valence-electron chi connectivity index (χ0n) is 6.41. The molecule has 0 aliphatic carbocycles. The number of phenolic OH excluding ortho intramolecular Hbond substituents is 1. The van der Waals surface area contributed by atoms with Crippen LogP contribution in [-0.2, 0) is 0 Å². The van der Waals surface area contributed by atoms with E-state index in [0.717, 1.165) is 0 Å². The molecule has 0 fully saturated rings. The van der Waals surface area contributed by atoms with E-state index in [1.54, 1.807) is 0 Å². The lowest BCUT2D eigenvalue weighted by atomic mass is 10.2. The molecule has 68 valence electrons. The average molecular weight is 201 g/mol. The van der Waals surface area contributed by atoms with Gasteiger partial charge in [-0.15, -0.1) is 0 Å². The standard InChI is InChI=1S/C8H5ClO4/c9-6-7(11)4(2-10)1-5-8(6)13-3-12-5/h1-2,11H,3H2. The number of carbonyl (C=O) groups is 1. The number of fused-ring (bicyclic) bond motifs is 1. The van der Waals surface area contributed by atoms with Crippen molar-refractivity contribution in [3.05, 3.63) is 16.7 Å². The van der Waals surface area contributed by atoms with Crippen LogP contribution in [0.25, 0.3) is 0 Å². The second-order valence-corrected chi connectivity index (χ2v) is 2.86. The Kier molecular flexibility index (Phi) is 1.77. The Bertz CT molecular complexity index is 375. The molecule has 0 bridgehead atoms. The number of aromatic hydroxyl groups is 1. The molecule has 0 aromatic heterocycles. The molecule has 1 heterocycles. The number of halogens is 1. The Morgan fingerprint density at radius 1 is 1.54 bits per heavy atom. The molecule has 0 atom stereocenters. The van der Waals surface area contributed by atoms with Crippen LogP contribution in [-0.4, -0.2) is 18.2 Å². The lowest BCUT2D eigenvalue weighted by Gasteiger charge is -2.03. The largest absolute Gasteiger partial charge is 0.505 e. The Morgan fingerprint density at radius 2 is 2.31 bits per heavy atom. The zero-order valence-corrected chi connectivity index (χ0v) is 7.17. The summed E-state index contributed by atoms with van der Waals surface area (Å²) in [6.07, 6.45) is 0.503. The third-order valence-corrected chi connectivity index (χ3v) is 2.09. The summed E-state index contributed by atoms with van der Waals surface area (Å²) in [5, 5.41) is 9.37. The molecule has 13 heavy (non-hydrogen) atoms. The van der Waals surface area contributed by atoms with Gasteiger partial charge in [0.25, 0.3) is 0 Å². The van der Waals surface area contributed by atoms with Crippen molar-refractivity contribution in [2.45, 2.75) is 0 Å².